The molecule has 0 aliphatic carbocycles. The molecule has 10 nitrogen and oxygen atoms in total. The zero-order chi connectivity index (χ0) is 35.4. The van der Waals surface area contributed by atoms with Gasteiger partial charge in [0.2, 0.25) is 5.79 Å². The number of thioether (sulfide) groups is 1. The van der Waals surface area contributed by atoms with E-state index in [4.69, 9.17) is 47.1 Å². The number of piperazine rings is 1. The van der Waals surface area contributed by atoms with Gasteiger partial charge in [0.25, 0.3) is 0 Å². The SMILES string of the molecule is CCC(C)N1CC(OC)SC1=Nc1ccc(N2CCN(c3ccc(OC[C@@H]4CO[C@@](Cn5ccnc5)(c5ccc(Cl)cc5Cl)O4)cc3)CC2)cc1. The van der Waals surface area contributed by atoms with Gasteiger partial charge in [-0.15, -0.1) is 0 Å². The highest BCUT2D eigenvalue weighted by atomic mass is 35.5. The summed E-state index contributed by atoms with van der Waals surface area (Å²) in [6.07, 6.45) is 6.10. The van der Waals surface area contributed by atoms with Crippen LogP contribution in [0, 0.1) is 0 Å². The van der Waals surface area contributed by atoms with E-state index in [9.17, 15) is 0 Å². The third-order valence-corrected chi connectivity index (χ3v) is 11.4. The molecule has 0 spiro atoms. The zero-order valence-corrected chi connectivity index (χ0v) is 31.5. The van der Waals surface area contributed by atoms with Crippen molar-refractivity contribution in [3.05, 3.63) is 101 Å². The molecular formula is C38H44Cl2N6O4S. The Morgan fingerprint density at radius 2 is 1.71 bits per heavy atom. The molecule has 0 saturated carbocycles. The third-order valence-electron chi connectivity index (χ3n) is 9.72. The van der Waals surface area contributed by atoms with Crippen molar-refractivity contribution in [3.8, 4) is 5.75 Å². The van der Waals surface area contributed by atoms with E-state index in [1.54, 1.807) is 43.5 Å². The maximum Gasteiger partial charge on any atom is 0.215 e. The smallest absolute Gasteiger partial charge is 0.215 e. The quantitative estimate of drug-likeness (QED) is 0.145. The van der Waals surface area contributed by atoms with Crippen LogP contribution in [-0.4, -0.2) is 90.2 Å². The van der Waals surface area contributed by atoms with E-state index in [1.807, 2.05) is 29.0 Å². The fraction of sp³-hybridized carbons (Fsp3) is 0.421. The first-order valence-corrected chi connectivity index (χ1v) is 19.1. The van der Waals surface area contributed by atoms with Crippen LogP contribution in [0.15, 0.2) is 90.4 Å². The number of aliphatic imine (C=N–C) groups is 1. The Labute approximate surface area is 314 Å². The van der Waals surface area contributed by atoms with Gasteiger partial charge in [-0.05, 0) is 74.0 Å². The van der Waals surface area contributed by atoms with Crippen molar-refractivity contribution < 1.29 is 18.9 Å². The van der Waals surface area contributed by atoms with Crippen LogP contribution in [0.1, 0.15) is 25.8 Å². The highest BCUT2D eigenvalue weighted by Gasteiger charge is 2.45. The van der Waals surface area contributed by atoms with Crippen molar-refractivity contribution in [2.45, 2.75) is 50.2 Å². The molecule has 0 amide bonds. The minimum atomic E-state index is -1.09. The largest absolute Gasteiger partial charge is 0.491 e. The minimum Gasteiger partial charge on any atom is -0.491 e. The lowest BCUT2D eigenvalue weighted by Crippen LogP contribution is -2.46. The lowest BCUT2D eigenvalue weighted by Gasteiger charge is -2.37. The summed E-state index contributed by atoms with van der Waals surface area (Å²) in [6.45, 7) is 10.2. The topological polar surface area (TPSA) is 76.8 Å². The predicted octanol–water partition coefficient (Wildman–Crippen LogP) is 7.67. The first-order chi connectivity index (χ1) is 24.8. The van der Waals surface area contributed by atoms with Gasteiger partial charge >= 0.3 is 0 Å². The molecule has 3 aliphatic rings. The van der Waals surface area contributed by atoms with Crippen molar-refractivity contribution >= 4 is 57.2 Å². The van der Waals surface area contributed by atoms with E-state index < -0.39 is 5.79 Å². The van der Waals surface area contributed by atoms with Crippen molar-refractivity contribution in [1.29, 1.82) is 0 Å². The maximum atomic E-state index is 6.62. The number of amidine groups is 1. The fourth-order valence-corrected chi connectivity index (χ4v) is 8.32. The summed E-state index contributed by atoms with van der Waals surface area (Å²) < 4.78 is 26.6. The average Bonchev–Trinajstić information content (AvgIpc) is 3.92. The van der Waals surface area contributed by atoms with Gasteiger partial charge in [-0.2, -0.15) is 0 Å². The van der Waals surface area contributed by atoms with Crippen LogP contribution in [0.4, 0.5) is 17.1 Å². The number of anilines is 2. The number of nitrogens with zero attached hydrogens (tertiary/aromatic N) is 6. The molecule has 13 heteroatoms. The molecule has 0 radical (unpaired) electrons. The zero-order valence-electron chi connectivity index (χ0n) is 29.2. The van der Waals surface area contributed by atoms with E-state index in [-0.39, 0.29) is 11.5 Å². The maximum absolute atomic E-state index is 6.62. The summed E-state index contributed by atoms with van der Waals surface area (Å²) in [6, 6.07) is 22.7. The van der Waals surface area contributed by atoms with Crippen molar-refractivity contribution in [2.24, 2.45) is 4.99 Å². The number of imidazole rings is 1. The van der Waals surface area contributed by atoms with Crippen LogP contribution >= 0.6 is 35.0 Å². The van der Waals surface area contributed by atoms with Gasteiger partial charge in [0.1, 0.15) is 23.9 Å². The Kier molecular flexibility index (Phi) is 11.3. The molecule has 51 heavy (non-hydrogen) atoms. The number of ether oxygens (including phenoxy) is 4. The second-order valence-electron chi connectivity index (χ2n) is 13.0. The van der Waals surface area contributed by atoms with Gasteiger partial charge < -0.3 is 38.2 Å². The average molecular weight is 752 g/mol. The third kappa shape index (κ3) is 8.29. The van der Waals surface area contributed by atoms with E-state index in [1.165, 1.54) is 11.4 Å². The van der Waals surface area contributed by atoms with Crippen molar-refractivity contribution in [1.82, 2.24) is 14.5 Å². The van der Waals surface area contributed by atoms with Crippen molar-refractivity contribution in [3.63, 3.8) is 0 Å². The predicted molar refractivity (Wildman–Crippen MR) is 206 cm³/mol. The summed E-state index contributed by atoms with van der Waals surface area (Å²) in [5.74, 6) is -0.307. The van der Waals surface area contributed by atoms with E-state index in [2.05, 4.69) is 69.9 Å². The van der Waals surface area contributed by atoms with E-state index >= 15 is 0 Å². The lowest BCUT2D eigenvalue weighted by atomic mass is 10.1. The Morgan fingerprint density at radius 1 is 1.00 bits per heavy atom. The molecule has 4 heterocycles. The number of aromatic nitrogens is 2. The Hall–Kier alpha value is -3.45. The van der Waals surface area contributed by atoms with Crippen LogP contribution in [0.25, 0.3) is 0 Å². The highest BCUT2D eigenvalue weighted by Crippen LogP contribution is 2.41. The summed E-state index contributed by atoms with van der Waals surface area (Å²) >= 11 is 14.5. The molecule has 0 bridgehead atoms. The van der Waals surface area contributed by atoms with Gasteiger partial charge in [-0.25, -0.2) is 9.98 Å². The van der Waals surface area contributed by atoms with E-state index in [0.717, 1.165) is 55.7 Å². The van der Waals surface area contributed by atoms with E-state index in [0.29, 0.717) is 41.4 Å². The summed E-state index contributed by atoms with van der Waals surface area (Å²) in [5, 5.41) is 2.07. The van der Waals surface area contributed by atoms with Gasteiger partial charge in [0, 0.05) is 73.7 Å². The molecule has 3 aromatic carbocycles. The van der Waals surface area contributed by atoms with Gasteiger partial charge in [-0.1, -0.05) is 48.0 Å². The first-order valence-electron chi connectivity index (χ1n) is 17.4. The molecular weight excluding hydrogens is 707 g/mol. The molecule has 4 atom stereocenters. The second-order valence-corrected chi connectivity index (χ2v) is 15.0. The molecule has 1 aromatic heterocycles. The molecule has 2 unspecified atom stereocenters. The number of methoxy groups -OCH3 is 1. The van der Waals surface area contributed by atoms with Crippen LogP contribution in [-0.2, 0) is 26.5 Å². The molecule has 3 aliphatic heterocycles. The second kappa shape index (κ2) is 16.1. The first kappa shape index (κ1) is 35.9. The lowest BCUT2D eigenvalue weighted by molar-refractivity contribution is -0.189. The van der Waals surface area contributed by atoms with Crippen LogP contribution in [0.3, 0.4) is 0 Å². The summed E-state index contributed by atoms with van der Waals surface area (Å²) in [5.41, 5.74) is 4.22. The molecule has 4 aromatic rings. The van der Waals surface area contributed by atoms with Crippen LogP contribution < -0.4 is 14.5 Å². The number of halogens is 2. The van der Waals surface area contributed by atoms with Gasteiger partial charge in [0.05, 0.1) is 36.7 Å². The number of benzene rings is 3. The Morgan fingerprint density at radius 3 is 2.33 bits per heavy atom. The molecule has 0 N–H and O–H groups in total. The molecule has 3 saturated heterocycles. The van der Waals surface area contributed by atoms with Crippen molar-refractivity contribution in [2.75, 3.05) is 62.8 Å². The minimum absolute atomic E-state index is 0.125. The van der Waals surface area contributed by atoms with Crippen LogP contribution in [0.5, 0.6) is 5.75 Å². The highest BCUT2D eigenvalue weighted by molar-refractivity contribution is 8.14. The van der Waals surface area contributed by atoms with Gasteiger partial charge in [0.15, 0.2) is 5.17 Å². The molecule has 3 fully saturated rings. The summed E-state index contributed by atoms with van der Waals surface area (Å²) in [7, 11) is 1.77. The summed E-state index contributed by atoms with van der Waals surface area (Å²) in [4.78, 5) is 16.4. The number of rotatable bonds is 12. The van der Waals surface area contributed by atoms with Crippen LogP contribution in [0.2, 0.25) is 10.0 Å². The number of hydrogen-bond donors (Lipinski definition) is 0. The van der Waals surface area contributed by atoms with Gasteiger partial charge in [-0.3, -0.25) is 0 Å². The normalized spacial score (nSPS) is 23.7. The molecule has 7 rings (SSSR count). The number of hydrogen-bond acceptors (Lipinski definition) is 9. The molecule has 270 valence electrons. The fourth-order valence-electron chi connectivity index (χ4n) is 6.65. The Bertz CT molecular complexity index is 1770. The standard InChI is InChI=1S/C38H44Cl2N6O4S/c1-4-27(2)46-22-36(47-3)51-37(46)42-29-6-8-30(9-7-29)44-17-19-45(20-18-44)31-10-12-32(13-11-31)48-23-33-24-49-38(50-33,25-43-16-15-41-26-43)34-14-5-28(39)21-35(34)40/h5-16,21,26-27,33,36H,4,17-20,22-25H2,1-3H3/t27?,33-,36?,38-/m1/s1. The Balaban J connectivity index is 0.912. The monoisotopic (exact) mass is 750 g/mol.